The van der Waals surface area contributed by atoms with Crippen LogP contribution in [0.1, 0.15) is 25.3 Å². The van der Waals surface area contributed by atoms with Crippen molar-refractivity contribution in [1.82, 2.24) is 5.32 Å². The summed E-state index contributed by atoms with van der Waals surface area (Å²) in [7, 11) is 0. The molecule has 1 N–H and O–H groups in total. The van der Waals surface area contributed by atoms with Crippen molar-refractivity contribution in [3.63, 3.8) is 0 Å². The lowest BCUT2D eigenvalue weighted by Gasteiger charge is -2.13. The first kappa shape index (κ1) is 11.8. The molecule has 1 aromatic rings. The van der Waals surface area contributed by atoms with Gasteiger partial charge in [-0.05, 0) is 28.8 Å². The molecule has 0 aliphatic carbocycles. The van der Waals surface area contributed by atoms with Crippen LogP contribution < -0.4 is 5.32 Å². The first-order valence-electron chi connectivity index (χ1n) is 5.00. The van der Waals surface area contributed by atoms with E-state index in [0.29, 0.717) is 12.8 Å². The molecule has 1 rings (SSSR count). The van der Waals surface area contributed by atoms with Crippen LogP contribution in [0.2, 0.25) is 0 Å². The Morgan fingerprint density at radius 1 is 1.73 bits per heavy atom. The minimum atomic E-state index is 0.0514. The van der Waals surface area contributed by atoms with Crippen LogP contribution in [0.15, 0.2) is 16.8 Å². The third-order valence-electron chi connectivity index (χ3n) is 2.17. The molecule has 0 saturated carbocycles. The molecule has 3 heteroatoms. The van der Waals surface area contributed by atoms with Gasteiger partial charge >= 0.3 is 0 Å². The summed E-state index contributed by atoms with van der Waals surface area (Å²) >= 11 is 1.60. The van der Waals surface area contributed by atoms with Crippen molar-refractivity contribution < 1.29 is 4.79 Å². The van der Waals surface area contributed by atoms with E-state index in [1.165, 1.54) is 0 Å². The predicted octanol–water partition coefficient (Wildman–Crippen LogP) is 2.21. The molecule has 0 aromatic carbocycles. The van der Waals surface area contributed by atoms with E-state index in [9.17, 15) is 4.79 Å². The maximum atomic E-state index is 11.6. The molecule has 1 atom stereocenters. The van der Waals surface area contributed by atoms with Crippen molar-refractivity contribution >= 4 is 17.2 Å². The second-order valence-electron chi connectivity index (χ2n) is 3.39. The Morgan fingerprint density at radius 2 is 2.53 bits per heavy atom. The van der Waals surface area contributed by atoms with Crippen LogP contribution in [0, 0.1) is 12.3 Å². The molecule has 1 heterocycles. The Morgan fingerprint density at radius 3 is 3.07 bits per heavy atom. The van der Waals surface area contributed by atoms with Gasteiger partial charge in [0.05, 0.1) is 6.42 Å². The van der Waals surface area contributed by atoms with Gasteiger partial charge in [0.25, 0.3) is 0 Å². The topological polar surface area (TPSA) is 29.1 Å². The standard InChI is InChI=1S/C12H15NOS/c1-3-5-11(4-2)13-12(14)8-10-6-7-15-9-10/h1,6-7,9,11H,4-5,8H2,2H3,(H,13,14). The lowest BCUT2D eigenvalue weighted by atomic mass is 10.1. The molecule has 0 saturated heterocycles. The zero-order chi connectivity index (χ0) is 11.1. The second-order valence-corrected chi connectivity index (χ2v) is 4.17. The summed E-state index contributed by atoms with van der Waals surface area (Å²) in [6, 6.07) is 2.08. The van der Waals surface area contributed by atoms with Gasteiger partial charge in [0, 0.05) is 12.5 Å². The number of thiophene rings is 1. The van der Waals surface area contributed by atoms with E-state index in [1.54, 1.807) is 11.3 Å². The number of carbonyl (C=O) groups is 1. The second kappa shape index (κ2) is 6.26. The van der Waals surface area contributed by atoms with E-state index in [-0.39, 0.29) is 11.9 Å². The fourth-order valence-corrected chi connectivity index (χ4v) is 1.97. The third-order valence-corrected chi connectivity index (χ3v) is 2.90. The SMILES string of the molecule is C#CCC(CC)NC(=O)Cc1ccsc1. The van der Waals surface area contributed by atoms with Gasteiger partial charge in [-0.2, -0.15) is 11.3 Å². The van der Waals surface area contributed by atoms with Crippen LogP contribution in [0.4, 0.5) is 0 Å². The van der Waals surface area contributed by atoms with Crippen LogP contribution in [0.5, 0.6) is 0 Å². The van der Waals surface area contributed by atoms with Gasteiger partial charge in [0.15, 0.2) is 0 Å². The molecular weight excluding hydrogens is 206 g/mol. The largest absolute Gasteiger partial charge is 0.352 e. The summed E-state index contributed by atoms with van der Waals surface area (Å²) < 4.78 is 0. The maximum Gasteiger partial charge on any atom is 0.224 e. The average molecular weight is 221 g/mol. The van der Waals surface area contributed by atoms with Crippen LogP contribution >= 0.6 is 11.3 Å². The van der Waals surface area contributed by atoms with Gasteiger partial charge in [-0.1, -0.05) is 6.92 Å². The van der Waals surface area contributed by atoms with Crippen LogP contribution in [0.3, 0.4) is 0 Å². The Hall–Kier alpha value is -1.27. The van der Waals surface area contributed by atoms with Gasteiger partial charge in [0.2, 0.25) is 5.91 Å². The van der Waals surface area contributed by atoms with Crippen molar-refractivity contribution in [2.24, 2.45) is 0 Å². The molecule has 0 aliphatic rings. The van der Waals surface area contributed by atoms with E-state index >= 15 is 0 Å². The van der Waals surface area contributed by atoms with E-state index in [1.807, 2.05) is 23.8 Å². The number of nitrogens with one attached hydrogen (secondary N) is 1. The molecule has 1 unspecified atom stereocenters. The summed E-state index contributed by atoms with van der Waals surface area (Å²) in [5, 5.41) is 6.89. The molecule has 2 nitrogen and oxygen atoms in total. The van der Waals surface area contributed by atoms with Crippen molar-refractivity contribution in [1.29, 1.82) is 0 Å². The maximum absolute atomic E-state index is 11.6. The highest BCUT2D eigenvalue weighted by Crippen LogP contribution is 2.07. The van der Waals surface area contributed by atoms with Crippen LogP contribution in [-0.2, 0) is 11.2 Å². The Balaban J connectivity index is 2.38. The lowest BCUT2D eigenvalue weighted by Crippen LogP contribution is -2.35. The molecule has 1 aromatic heterocycles. The number of terminal acetylenes is 1. The minimum Gasteiger partial charge on any atom is -0.352 e. The van der Waals surface area contributed by atoms with Gasteiger partial charge < -0.3 is 5.32 Å². The molecule has 0 spiro atoms. The minimum absolute atomic E-state index is 0.0514. The number of hydrogen-bond acceptors (Lipinski definition) is 2. The Labute approximate surface area is 94.7 Å². The molecule has 0 aliphatic heterocycles. The van der Waals surface area contributed by atoms with E-state index in [4.69, 9.17) is 6.42 Å². The summed E-state index contributed by atoms with van der Waals surface area (Å²) in [6.07, 6.45) is 7.14. The zero-order valence-electron chi connectivity index (χ0n) is 8.82. The zero-order valence-corrected chi connectivity index (χ0v) is 9.64. The first-order chi connectivity index (χ1) is 7.26. The molecule has 0 radical (unpaired) electrons. The van der Waals surface area contributed by atoms with Gasteiger partial charge in [-0.3, -0.25) is 4.79 Å². The van der Waals surface area contributed by atoms with Gasteiger partial charge in [0.1, 0.15) is 0 Å². The Bertz CT molecular complexity index is 337. The van der Waals surface area contributed by atoms with E-state index in [2.05, 4.69) is 11.2 Å². The third kappa shape index (κ3) is 4.18. The van der Waals surface area contributed by atoms with Crippen LogP contribution in [-0.4, -0.2) is 11.9 Å². The molecule has 15 heavy (non-hydrogen) atoms. The number of amides is 1. The monoisotopic (exact) mass is 221 g/mol. The highest BCUT2D eigenvalue weighted by molar-refractivity contribution is 7.07. The van der Waals surface area contributed by atoms with E-state index < -0.39 is 0 Å². The first-order valence-corrected chi connectivity index (χ1v) is 5.94. The highest BCUT2D eigenvalue weighted by atomic mass is 32.1. The highest BCUT2D eigenvalue weighted by Gasteiger charge is 2.09. The fourth-order valence-electron chi connectivity index (χ4n) is 1.30. The summed E-state index contributed by atoms with van der Waals surface area (Å²) in [5.74, 6) is 2.62. The Kier molecular flexibility index (Phi) is 4.92. The average Bonchev–Trinajstić information content (AvgIpc) is 2.69. The molecule has 0 fully saturated rings. The van der Waals surface area contributed by atoms with Crippen LogP contribution in [0.25, 0.3) is 0 Å². The van der Waals surface area contributed by atoms with Crippen molar-refractivity contribution in [3.05, 3.63) is 22.4 Å². The summed E-state index contributed by atoms with van der Waals surface area (Å²) in [5.41, 5.74) is 1.06. The molecule has 0 bridgehead atoms. The quantitative estimate of drug-likeness (QED) is 0.759. The smallest absolute Gasteiger partial charge is 0.224 e. The van der Waals surface area contributed by atoms with Gasteiger partial charge in [-0.25, -0.2) is 0 Å². The van der Waals surface area contributed by atoms with Crippen molar-refractivity contribution in [3.8, 4) is 12.3 Å². The molecule has 1 amide bonds. The normalized spacial score (nSPS) is 11.7. The predicted molar refractivity (Wildman–Crippen MR) is 63.7 cm³/mol. The van der Waals surface area contributed by atoms with E-state index in [0.717, 1.165) is 12.0 Å². The summed E-state index contributed by atoms with van der Waals surface area (Å²) in [4.78, 5) is 11.6. The molecule has 80 valence electrons. The number of hydrogen-bond donors (Lipinski definition) is 1. The van der Waals surface area contributed by atoms with Gasteiger partial charge in [-0.15, -0.1) is 12.3 Å². The number of rotatable bonds is 5. The number of carbonyl (C=O) groups excluding carboxylic acids is 1. The van der Waals surface area contributed by atoms with Crippen molar-refractivity contribution in [2.45, 2.75) is 32.2 Å². The molecular formula is C12H15NOS. The summed E-state index contributed by atoms with van der Waals surface area (Å²) in [6.45, 7) is 2.02. The lowest BCUT2D eigenvalue weighted by molar-refractivity contribution is -0.121. The van der Waals surface area contributed by atoms with Crippen molar-refractivity contribution in [2.75, 3.05) is 0 Å². The fraction of sp³-hybridized carbons (Fsp3) is 0.417.